The van der Waals surface area contributed by atoms with Crippen LogP contribution in [0.15, 0.2) is 83.1 Å². The number of aryl methyl sites for hydroxylation is 1. The minimum absolute atomic E-state index is 0.143. The molecule has 9 heteroatoms. The van der Waals surface area contributed by atoms with Gasteiger partial charge in [-0.15, -0.1) is 11.3 Å². The molecule has 1 amide bonds. The quantitative estimate of drug-likeness (QED) is 0.381. The second kappa shape index (κ2) is 9.43. The number of thiazole rings is 1. The Morgan fingerprint density at radius 1 is 1.00 bits per heavy atom. The van der Waals surface area contributed by atoms with Crippen molar-refractivity contribution in [2.24, 2.45) is 0 Å². The van der Waals surface area contributed by atoms with Gasteiger partial charge in [0.1, 0.15) is 5.75 Å². The molecule has 0 aliphatic rings. The van der Waals surface area contributed by atoms with Crippen LogP contribution in [0.1, 0.15) is 15.9 Å². The largest absolute Gasteiger partial charge is 0.496 e. The summed E-state index contributed by atoms with van der Waals surface area (Å²) in [5.74, 6) is 0.410. The molecule has 1 heterocycles. The monoisotopic (exact) mass is 479 g/mol. The van der Waals surface area contributed by atoms with Crippen LogP contribution >= 0.6 is 11.3 Å². The Morgan fingerprint density at radius 3 is 2.52 bits per heavy atom. The van der Waals surface area contributed by atoms with Gasteiger partial charge in [0.25, 0.3) is 15.9 Å². The summed E-state index contributed by atoms with van der Waals surface area (Å²) in [4.78, 5) is 17.4. The minimum atomic E-state index is -3.75. The number of nitrogens with zero attached hydrogens (tertiary/aromatic N) is 1. The number of hydrogen-bond acceptors (Lipinski definition) is 6. The van der Waals surface area contributed by atoms with E-state index < -0.39 is 10.0 Å². The van der Waals surface area contributed by atoms with E-state index in [4.69, 9.17) is 4.74 Å². The topological polar surface area (TPSA) is 97.4 Å². The van der Waals surface area contributed by atoms with Gasteiger partial charge in [0.2, 0.25) is 0 Å². The van der Waals surface area contributed by atoms with Gasteiger partial charge >= 0.3 is 0 Å². The first-order chi connectivity index (χ1) is 15.9. The second-order valence-corrected chi connectivity index (χ2v) is 9.72. The molecule has 0 bridgehead atoms. The first-order valence-electron chi connectivity index (χ1n) is 9.95. The molecule has 3 aromatic carbocycles. The number of sulfonamides is 1. The van der Waals surface area contributed by atoms with E-state index in [-0.39, 0.29) is 10.8 Å². The van der Waals surface area contributed by atoms with Crippen molar-refractivity contribution >= 4 is 38.1 Å². The Hall–Kier alpha value is -3.69. The molecule has 0 saturated heterocycles. The lowest BCUT2D eigenvalue weighted by atomic mass is 10.1. The number of ether oxygens (including phenoxy) is 1. The summed E-state index contributed by atoms with van der Waals surface area (Å²) in [6.07, 6.45) is 0. The third-order valence-electron chi connectivity index (χ3n) is 4.85. The van der Waals surface area contributed by atoms with E-state index >= 15 is 0 Å². The number of rotatable bonds is 7. The van der Waals surface area contributed by atoms with E-state index in [0.29, 0.717) is 16.4 Å². The minimum Gasteiger partial charge on any atom is -0.496 e. The number of anilines is 2. The molecule has 0 fully saturated rings. The van der Waals surface area contributed by atoms with Crippen LogP contribution in [0.4, 0.5) is 10.8 Å². The van der Waals surface area contributed by atoms with E-state index in [1.165, 1.54) is 29.5 Å². The Kier molecular flexibility index (Phi) is 6.43. The predicted molar refractivity (Wildman–Crippen MR) is 130 cm³/mol. The van der Waals surface area contributed by atoms with Crippen LogP contribution in [-0.2, 0) is 10.0 Å². The average Bonchev–Trinajstić information content (AvgIpc) is 3.28. The number of nitrogens with one attached hydrogen (secondary N) is 2. The zero-order valence-electron chi connectivity index (χ0n) is 17.9. The van der Waals surface area contributed by atoms with Gasteiger partial charge in [-0.05, 0) is 61.0 Å². The van der Waals surface area contributed by atoms with Crippen molar-refractivity contribution in [1.82, 2.24) is 4.98 Å². The molecular weight excluding hydrogens is 458 g/mol. The van der Waals surface area contributed by atoms with Gasteiger partial charge in [0.15, 0.2) is 5.13 Å². The summed E-state index contributed by atoms with van der Waals surface area (Å²) >= 11 is 1.31. The molecule has 0 saturated carbocycles. The van der Waals surface area contributed by atoms with Gasteiger partial charge in [-0.2, -0.15) is 0 Å². The molecule has 0 atom stereocenters. The van der Waals surface area contributed by atoms with E-state index in [0.717, 1.165) is 22.6 Å². The number of carbonyl (C=O) groups excluding carboxylic acids is 1. The summed E-state index contributed by atoms with van der Waals surface area (Å²) in [6.45, 7) is 1.95. The Morgan fingerprint density at radius 2 is 1.79 bits per heavy atom. The number of carbonyl (C=O) groups is 1. The zero-order valence-corrected chi connectivity index (χ0v) is 19.5. The summed E-state index contributed by atoms with van der Waals surface area (Å²) in [7, 11) is -2.13. The molecule has 1 aromatic heterocycles. The van der Waals surface area contributed by atoms with E-state index in [2.05, 4.69) is 15.0 Å². The van der Waals surface area contributed by atoms with Gasteiger partial charge in [0.05, 0.1) is 17.7 Å². The highest BCUT2D eigenvalue weighted by molar-refractivity contribution is 7.92. The Labute approximate surface area is 196 Å². The number of amides is 1. The highest BCUT2D eigenvalue weighted by Gasteiger charge is 2.15. The maximum atomic E-state index is 12.7. The Bertz CT molecular complexity index is 1400. The molecular formula is C24H21N3O4S2. The summed E-state index contributed by atoms with van der Waals surface area (Å²) in [6, 6.07) is 20.1. The van der Waals surface area contributed by atoms with Crippen LogP contribution in [0, 0.1) is 6.92 Å². The normalized spacial score (nSPS) is 11.1. The lowest BCUT2D eigenvalue weighted by Crippen LogP contribution is -2.15. The third-order valence-corrected chi connectivity index (χ3v) is 7.00. The van der Waals surface area contributed by atoms with E-state index in [9.17, 15) is 13.2 Å². The first-order valence-corrected chi connectivity index (χ1v) is 12.3. The van der Waals surface area contributed by atoms with Crippen molar-refractivity contribution in [3.8, 4) is 17.0 Å². The van der Waals surface area contributed by atoms with Crippen LogP contribution in [0.25, 0.3) is 11.3 Å². The van der Waals surface area contributed by atoms with Crippen molar-refractivity contribution in [2.75, 3.05) is 17.1 Å². The maximum absolute atomic E-state index is 12.7. The van der Waals surface area contributed by atoms with Crippen molar-refractivity contribution in [3.63, 3.8) is 0 Å². The molecule has 2 N–H and O–H groups in total. The maximum Gasteiger partial charge on any atom is 0.261 e. The molecule has 0 aliphatic heterocycles. The van der Waals surface area contributed by atoms with Crippen LogP contribution in [0.3, 0.4) is 0 Å². The first kappa shape index (κ1) is 22.5. The molecule has 168 valence electrons. The van der Waals surface area contributed by atoms with Crippen LogP contribution in [0.2, 0.25) is 0 Å². The molecule has 0 aliphatic carbocycles. The lowest BCUT2D eigenvalue weighted by Gasteiger charge is -2.09. The molecule has 4 aromatic rings. The van der Waals surface area contributed by atoms with Gasteiger partial charge < -0.3 is 4.74 Å². The van der Waals surface area contributed by atoms with Gasteiger partial charge in [0, 0.05) is 22.2 Å². The Balaban J connectivity index is 1.48. The van der Waals surface area contributed by atoms with E-state index in [1.807, 2.05) is 30.5 Å². The SMILES string of the molecule is COc1ccc(-c2csc(NC(=O)c3cccc(NS(=O)(=O)c4ccccc4)c3)n2)cc1C. The van der Waals surface area contributed by atoms with Crippen LogP contribution in [-0.4, -0.2) is 26.4 Å². The van der Waals surface area contributed by atoms with Crippen molar-refractivity contribution in [3.05, 3.63) is 89.3 Å². The number of aromatic nitrogens is 1. The van der Waals surface area contributed by atoms with Crippen LogP contribution in [0.5, 0.6) is 5.75 Å². The van der Waals surface area contributed by atoms with Crippen molar-refractivity contribution < 1.29 is 17.9 Å². The highest BCUT2D eigenvalue weighted by atomic mass is 32.2. The van der Waals surface area contributed by atoms with Crippen LogP contribution < -0.4 is 14.8 Å². The fourth-order valence-corrected chi connectivity index (χ4v) is 4.99. The fraction of sp³-hybridized carbons (Fsp3) is 0.0833. The lowest BCUT2D eigenvalue weighted by molar-refractivity contribution is 0.102. The second-order valence-electron chi connectivity index (χ2n) is 7.18. The zero-order chi connectivity index (χ0) is 23.4. The highest BCUT2D eigenvalue weighted by Crippen LogP contribution is 2.29. The van der Waals surface area contributed by atoms with Gasteiger partial charge in [-0.1, -0.05) is 24.3 Å². The fourth-order valence-electron chi connectivity index (χ4n) is 3.21. The van der Waals surface area contributed by atoms with Crippen molar-refractivity contribution in [1.29, 1.82) is 0 Å². The molecule has 0 spiro atoms. The molecule has 7 nitrogen and oxygen atoms in total. The summed E-state index contributed by atoms with van der Waals surface area (Å²) in [5, 5.41) is 5.08. The molecule has 0 unspecified atom stereocenters. The number of methoxy groups -OCH3 is 1. The molecule has 33 heavy (non-hydrogen) atoms. The average molecular weight is 480 g/mol. The number of benzene rings is 3. The van der Waals surface area contributed by atoms with Gasteiger partial charge in [-0.25, -0.2) is 13.4 Å². The van der Waals surface area contributed by atoms with Gasteiger partial charge in [-0.3, -0.25) is 14.8 Å². The smallest absolute Gasteiger partial charge is 0.261 e. The molecule has 0 radical (unpaired) electrons. The van der Waals surface area contributed by atoms with E-state index in [1.54, 1.807) is 43.5 Å². The summed E-state index contributed by atoms with van der Waals surface area (Å²) in [5.41, 5.74) is 3.25. The predicted octanol–water partition coefficient (Wildman–Crippen LogP) is 5.18. The van der Waals surface area contributed by atoms with Crippen molar-refractivity contribution in [2.45, 2.75) is 11.8 Å². The standard InChI is InChI=1S/C24H21N3O4S2/c1-16-13-17(11-12-22(16)31-2)21-15-32-24(25-21)26-23(28)18-7-6-8-19(14-18)27-33(29,30)20-9-4-3-5-10-20/h3-15,27H,1-2H3,(H,25,26,28). The summed E-state index contributed by atoms with van der Waals surface area (Å²) < 4.78 is 32.9. The molecule has 4 rings (SSSR count). The third kappa shape index (κ3) is 5.21. The number of hydrogen-bond donors (Lipinski definition) is 2.